The Hall–Kier alpha value is -3.06. The number of amides is 1. The number of ketones is 1. The number of likely N-dealkylation sites (N-methyl/N-ethyl adjacent to an activating group) is 1. The molecule has 0 unspecified atom stereocenters. The molecule has 0 radical (unpaired) electrons. The summed E-state index contributed by atoms with van der Waals surface area (Å²) in [6.45, 7) is 4.69. The molecule has 2 aliphatic rings. The van der Waals surface area contributed by atoms with E-state index in [1.54, 1.807) is 20.2 Å². The number of Topliss-reactive ketones (excluding diaryl/α,β-unsaturated/α-hetero) is 1. The molecule has 7 heteroatoms. The topological polar surface area (TPSA) is 98.2 Å². The molecule has 2 heterocycles. The Morgan fingerprint density at radius 2 is 1.89 bits per heavy atom. The van der Waals surface area contributed by atoms with Gasteiger partial charge >= 0.3 is 0 Å². The van der Waals surface area contributed by atoms with Crippen LogP contribution in [0.1, 0.15) is 75.8 Å². The van der Waals surface area contributed by atoms with E-state index in [4.69, 9.17) is 5.41 Å². The second-order valence-electron chi connectivity index (χ2n) is 10.5. The van der Waals surface area contributed by atoms with Crippen molar-refractivity contribution in [1.82, 2.24) is 15.6 Å². The second kappa shape index (κ2) is 12.5. The lowest BCUT2D eigenvalue weighted by Crippen LogP contribution is -2.53. The normalized spacial score (nSPS) is 18.4. The van der Waals surface area contributed by atoms with Crippen LogP contribution in [0.4, 0.5) is 11.5 Å². The van der Waals surface area contributed by atoms with Gasteiger partial charge in [0.2, 0.25) is 5.91 Å². The smallest absolute Gasteiger partial charge is 0.237 e. The van der Waals surface area contributed by atoms with E-state index < -0.39 is 12.1 Å². The third kappa shape index (κ3) is 6.09. The van der Waals surface area contributed by atoms with Crippen LogP contribution in [0.5, 0.6) is 0 Å². The molecule has 1 aliphatic carbocycles. The number of carbonyl (C=O) groups is 2. The van der Waals surface area contributed by atoms with E-state index in [-0.39, 0.29) is 29.2 Å². The van der Waals surface area contributed by atoms with E-state index in [2.05, 4.69) is 44.8 Å². The van der Waals surface area contributed by atoms with Gasteiger partial charge in [0.1, 0.15) is 5.82 Å². The summed E-state index contributed by atoms with van der Waals surface area (Å²) in [5.74, 6) is 0.131. The van der Waals surface area contributed by atoms with Crippen LogP contribution in [-0.4, -0.2) is 48.1 Å². The van der Waals surface area contributed by atoms with Crippen molar-refractivity contribution >= 4 is 28.9 Å². The highest BCUT2D eigenvalue weighted by molar-refractivity contribution is 6.42. The number of aromatic nitrogens is 1. The fourth-order valence-electron chi connectivity index (χ4n) is 5.79. The highest BCUT2D eigenvalue weighted by atomic mass is 16.2. The molecule has 1 saturated carbocycles. The molecule has 3 N–H and O–H groups in total. The zero-order valence-electron chi connectivity index (χ0n) is 22.4. The van der Waals surface area contributed by atoms with Crippen molar-refractivity contribution in [2.75, 3.05) is 18.5 Å². The molecule has 3 atom stereocenters. The predicted octanol–water partition coefficient (Wildman–Crippen LogP) is 4.92. The van der Waals surface area contributed by atoms with Gasteiger partial charge in [0.15, 0.2) is 5.78 Å². The van der Waals surface area contributed by atoms with Crippen molar-refractivity contribution in [1.29, 1.82) is 5.41 Å². The Morgan fingerprint density at radius 1 is 1.14 bits per heavy atom. The number of nitrogens with one attached hydrogen (secondary N) is 3. The zero-order valence-corrected chi connectivity index (χ0v) is 22.4. The van der Waals surface area contributed by atoms with E-state index in [0.717, 1.165) is 62.9 Å². The molecule has 198 valence electrons. The number of aryl methyl sites for hydroxylation is 1. The number of hydrogen-bond donors (Lipinski definition) is 3. The maximum Gasteiger partial charge on any atom is 0.237 e. The average molecular weight is 504 g/mol. The van der Waals surface area contributed by atoms with Crippen LogP contribution in [0.3, 0.4) is 0 Å². The molecule has 37 heavy (non-hydrogen) atoms. The maximum atomic E-state index is 13.8. The van der Waals surface area contributed by atoms with Crippen molar-refractivity contribution < 1.29 is 9.59 Å². The summed E-state index contributed by atoms with van der Waals surface area (Å²) in [7, 11) is 1.73. The Labute approximate surface area is 220 Å². The summed E-state index contributed by atoms with van der Waals surface area (Å²) in [5.41, 5.74) is 3.49. The van der Waals surface area contributed by atoms with Crippen LogP contribution in [0.2, 0.25) is 0 Å². The van der Waals surface area contributed by atoms with E-state index in [9.17, 15) is 9.59 Å². The zero-order chi connectivity index (χ0) is 26.4. The molecule has 1 amide bonds. The van der Waals surface area contributed by atoms with Gasteiger partial charge < -0.3 is 20.9 Å². The number of fused-ring (bicyclic) bond motifs is 1. The number of carbonyl (C=O) groups excluding carboxylic acids is 2. The number of pyridine rings is 1. The van der Waals surface area contributed by atoms with E-state index in [1.807, 2.05) is 19.1 Å². The highest BCUT2D eigenvalue weighted by Crippen LogP contribution is 2.34. The lowest BCUT2D eigenvalue weighted by atomic mass is 9.78. The van der Waals surface area contributed by atoms with Crippen LogP contribution in [-0.2, 0) is 16.0 Å². The summed E-state index contributed by atoms with van der Waals surface area (Å²) in [4.78, 5) is 33.5. The molecule has 4 rings (SSSR count). The summed E-state index contributed by atoms with van der Waals surface area (Å²) >= 11 is 0. The van der Waals surface area contributed by atoms with E-state index >= 15 is 0 Å². The molecule has 7 nitrogen and oxygen atoms in total. The highest BCUT2D eigenvalue weighted by Gasteiger charge is 2.36. The molecule has 1 fully saturated rings. The van der Waals surface area contributed by atoms with Crippen molar-refractivity contribution in [2.24, 2.45) is 5.92 Å². The van der Waals surface area contributed by atoms with Gasteiger partial charge in [-0.1, -0.05) is 44.4 Å². The largest absolute Gasteiger partial charge is 0.344 e. The Kier molecular flexibility index (Phi) is 9.09. The molecule has 1 aliphatic heterocycles. The van der Waals surface area contributed by atoms with Crippen LogP contribution in [0.25, 0.3) is 0 Å². The van der Waals surface area contributed by atoms with Gasteiger partial charge in [-0.2, -0.15) is 0 Å². The molecular formula is C30H41N5O2. The first-order valence-electron chi connectivity index (χ1n) is 13.9. The van der Waals surface area contributed by atoms with Crippen LogP contribution < -0.4 is 15.5 Å². The first-order chi connectivity index (χ1) is 17.9. The monoisotopic (exact) mass is 503 g/mol. The molecule has 0 saturated heterocycles. The summed E-state index contributed by atoms with van der Waals surface area (Å²) in [6.07, 6.45) is 9.62. The predicted molar refractivity (Wildman–Crippen MR) is 149 cm³/mol. The minimum Gasteiger partial charge on any atom is -0.344 e. The average Bonchev–Trinajstić information content (AvgIpc) is 2.95. The first-order valence-corrected chi connectivity index (χ1v) is 13.9. The van der Waals surface area contributed by atoms with Gasteiger partial charge in [-0.25, -0.2) is 4.98 Å². The van der Waals surface area contributed by atoms with Gasteiger partial charge in [-0.05, 0) is 81.3 Å². The number of nitrogens with zero attached hydrogens (tertiary/aromatic N) is 2. The van der Waals surface area contributed by atoms with E-state index in [0.29, 0.717) is 6.42 Å². The lowest BCUT2D eigenvalue weighted by molar-refractivity contribution is -0.127. The van der Waals surface area contributed by atoms with Crippen molar-refractivity contribution in [3.63, 3.8) is 0 Å². The minimum atomic E-state index is -0.652. The van der Waals surface area contributed by atoms with Crippen molar-refractivity contribution in [3.8, 4) is 0 Å². The van der Waals surface area contributed by atoms with Crippen LogP contribution >= 0.6 is 0 Å². The van der Waals surface area contributed by atoms with E-state index in [1.165, 1.54) is 11.3 Å². The Morgan fingerprint density at radius 3 is 2.62 bits per heavy atom. The van der Waals surface area contributed by atoms with Gasteiger partial charge in [0.25, 0.3) is 0 Å². The van der Waals surface area contributed by atoms with Gasteiger partial charge in [0, 0.05) is 24.3 Å². The molecule has 1 aromatic carbocycles. The number of para-hydroxylation sites is 1. The van der Waals surface area contributed by atoms with Gasteiger partial charge in [-0.3, -0.25) is 9.59 Å². The molecule has 0 bridgehead atoms. The standard InChI is InChI=1S/C30H41N5O2/c1-4-24(23-16-17-33-26(19-23)35-18-10-14-21-11-8-9-15-25(21)35)27(31)29(36)28(22-12-6-5-7-13-22)34-30(37)20(2)32-3/h8-9,11,15-17,19-20,22,24,28,31-32H,4-7,10,12-14,18H2,1-3H3,(H,34,37)/t20-,24-,28-/m0/s1. The Bertz CT molecular complexity index is 1110. The molecule has 2 aromatic rings. The second-order valence-corrected chi connectivity index (χ2v) is 10.5. The number of rotatable bonds is 10. The fourth-order valence-corrected chi connectivity index (χ4v) is 5.79. The van der Waals surface area contributed by atoms with Gasteiger partial charge in [-0.15, -0.1) is 0 Å². The first kappa shape index (κ1) is 27.0. The van der Waals surface area contributed by atoms with Gasteiger partial charge in [0.05, 0.1) is 17.8 Å². The number of anilines is 2. The molecular weight excluding hydrogens is 462 g/mol. The molecule has 1 aromatic heterocycles. The lowest BCUT2D eigenvalue weighted by Gasteiger charge is -2.32. The third-order valence-electron chi connectivity index (χ3n) is 8.11. The fraction of sp³-hybridized carbons (Fsp3) is 0.533. The summed E-state index contributed by atoms with van der Waals surface area (Å²) in [5, 5.41) is 15.0. The SMILES string of the molecule is CC[C@H](C(=N)C(=O)[C@@H](NC(=O)[C@H](C)NC)C1CCCCC1)c1ccnc(N2CCCc3ccccc32)c1. The minimum absolute atomic E-state index is 0.0740. The van der Waals surface area contributed by atoms with Crippen LogP contribution in [0, 0.1) is 11.3 Å². The van der Waals surface area contributed by atoms with Crippen LogP contribution in [0.15, 0.2) is 42.6 Å². The summed E-state index contributed by atoms with van der Waals surface area (Å²) in [6, 6.07) is 11.3. The van der Waals surface area contributed by atoms with Crippen molar-refractivity contribution in [3.05, 3.63) is 53.7 Å². The third-order valence-corrected chi connectivity index (χ3v) is 8.11. The number of hydrogen-bond acceptors (Lipinski definition) is 6. The Balaban J connectivity index is 1.59. The maximum absolute atomic E-state index is 13.8. The summed E-state index contributed by atoms with van der Waals surface area (Å²) < 4.78 is 0. The quantitative estimate of drug-likeness (QED) is 0.400. The van der Waals surface area contributed by atoms with Crippen molar-refractivity contribution in [2.45, 2.75) is 83.2 Å². The number of benzene rings is 1. The molecule has 0 spiro atoms.